The molecule has 1 aliphatic rings. The molecule has 0 spiro atoms. The highest BCUT2D eigenvalue weighted by Gasteiger charge is 2.15. The fourth-order valence-electron chi connectivity index (χ4n) is 5.49. The molecule has 172 valence electrons. The number of benzene rings is 5. The van der Waals surface area contributed by atoms with Crippen LogP contribution in [0.3, 0.4) is 0 Å². The molecule has 1 nitrogen and oxygen atoms in total. The number of hydrogen-bond acceptors (Lipinski definition) is 1. The second-order valence-corrected chi connectivity index (χ2v) is 9.77. The van der Waals surface area contributed by atoms with Crippen molar-refractivity contribution in [1.82, 2.24) is 0 Å². The summed E-state index contributed by atoms with van der Waals surface area (Å²) in [5, 5.41) is 6.19. The lowest BCUT2D eigenvalue weighted by Gasteiger charge is -2.22. The Morgan fingerprint density at radius 1 is 0.514 bits per heavy atom. The zero-order valence-corrected chi connectivity index (χ0v) is 20.1. The molecule has 5 aromatic carbocycles. The van der Waals surface area contributed by atoms with Crippen LogP contribution >= 0.6 is 0 Å². The quantitative estimate of drug-likeness (QED) is 0.279. The molecule has 0 atom stereocenters. The second-order valence-electron chi connectivity index (χ2n) is 9.77. The Hall–Kier alpha value is -3.84. The van der Waals surface area contributed by atoms with Gasteiger partial charge in [-0.1, -0.05) is 110 Å². The molecule has 0 saturated heterocycles. The number of fused-ring (bicyclic) bond motifs is 1. The van der Waals surface area contributed by atoms with Crippen molar-refractivity contribution >= 4 is 22.1 Å². The lowest BCUT2D eigenvalue weighted by atomic mass is 9.84. The molecule has 0 heterocycles. The lowest BCUT2D eigenvalue weighted by molar-refractivity contribution is 0.443. The predicted molar refractivity (Wildman–Crippen MR) is 150 cm³/mol. The molecule has 0 aromatic heterocycles. The first-order valence-corrected chi connectivity index (χ1v) is 12.9. The van der Waals surface area contributed by atoms with Gasteiger partial charge in [0.05, 0.1) is 0 Å². The molecule has 0 aliphatic heterocycles. The summed E-state index contributed by atoms with van der Waals surface area (Å²) in [4.78, 5) is 0. The van der Waals surface area contributed by atoms with E-state index in [1.54, 1.807) is 0 Å². The first-order chi connectivity index (χ1) is 17.3. The van der Waals surface area contributed by atoms with Crippen molar-refractivity contribution in [1.29, 1.82) is 0 Å². The zero-order valence-electron chi connectivity index (χ0n) is 20.1. The van der Waals surface area contributed by atoms with Crippen LogP contribution in [-0.2, 0) is 0 Å². The van der Waals surface area contributed by atoms with Gasteiger partial charge in [-0.2, -0.15) is 0 Å². The molecule has 1 fully saturated rings. The van der Waals surface area contributed by atoms with Crippen LogP contribution in [0, 0.1) is 0 Å². The molecule has 5 aromatic rings. The van der Waals surface area contributed by atoms with Gasteiger partial charge >= 0.3 is 0 Å². The molecular formula is C34H31N. The highest BCUT2D eigenvalue weighted by Crippen LogP contribution is 2.36. The minimum atomic E-state index is 0.755. The molecule has 6 rings (SSSR count). The van der Waals surface area contributed by atoms with Crippen LogP contribution in [-0.4, -0.2) is 0 Å². The Bertz CT molecular complexity index is 1410. The summed E-state index contributed by atoms with van der Waals surface area (Å²) in [5.41, 5.74) is 8.71. The SMILES string of the molecule is c1ccc(-c2cc3ccccc3cc2Nc2ccc(-c3ccc(C4CCCCC4)cc3)cc2)cc1. The van der Waals surface area contributed by atoms with Gasteiger partial charge in [0.1, 0.15) is 0 Å². The molecule has 1 heteroatoms. The smallest absolute Gasteiger partial charge is 0.0470 e. The monoisotopic (exact) mass is 453 g/mol. The Kier molecular flexibility index (Phi) is 6.07. The minimum Gasteiger partial charge on any atom is -0.355 e. The highest BCUT2D eigenvalue weighted by atomic mass is 14.9. The number of hydrogen-bond donors (Lipinski definition) is 1. The zero-order chi connectivity index (χ0) is 23.5. The summed E-state index contributed by atoms with van der Waals surface area (Å²) in [7, 11) is 0. The predicted octanol–water partition coefficient (Wildman–Crippen LogP) is 9.97. The van der Waals surface area contributed by atoms with E-state index in [1.165, 1.54) is 70.7 Å². The summed E-state index contributed by atoms with van der Waals surface area (Å²) in [6.07, 6.45) is 6.86. The molecule has 0 amide bonds. The van der Waals surface area contributed by atoms with Crippen LogP contribution in [0.5, 0.6) is 0 Å². The van der Waals surface area contributed by atoms with Gasteiger partial charge in [0.25, 0.3) is 0 Å². The third-order valence-corrected chi connectivity index (χ3v) is 7.46. The topological polar surface area (TPSA) is 12.0 Å². The normalized spacial score (nSPS) is 14.2. The van der Waals surface area contributed by atoms with Crippen molar-refractivity contribution in [2.45, 2.75) is 38.0 Å². The first-order valence-electron chi connectivity index (χ1n) is 12.9. The Balaban J connectivity index is 1.26. The first kappa shape index (κ1) is 21.7. The van der Waals surface area contributed by atoms with E-state index in [1.807, 2.05) is 0 Å². The maximum atomic E-state index is 3.69. The van der Waals surface area contributed by atoms with E-state index in [-0.39, 0.29) is 0 Å². The average Bonchev–Trinajstić information content (AvgIpc) is 2.94. The van der Waals surface area contributed by atoms with Crippen LogP contribution in [0.25, 0.3) is 33.0 Å². The van der Waals surface area contributed by atoms with Crippen LogP contribution < -0.4 is 5.32 Å². The van der Waals surface area contributed by atoms with Gasteiger partial charge < -0.3 is 5.32 Å². The lowest BCUT2D eigenvalue weighted by Crippen LogP contribution is -2.04. The van der Waals surface area contributed by atoms with Crippen molar-refractivity contribution in [2.75, 3.05) is 5.32 Å². The van der Waals surface area contributed by atoms with E-state index in [0.29, 0.717) is 0 Å². The highest BCUT2D eigenvalue weighted by molar-refractivity contribution is 5.95. The van der Waals surface area contributed by atoms with E-state index in [9.17, 15) is 0 Å². The standard InChI is InChI=1S/C34H31N/c1-3-9-25(10-4-1)26-15-17-27(18-16-26)28-19-21-32(22-20-28)35-34-24-31-14-8-7-13-30(31)23-33(34)29-11-5-2-6-12-29/h2,5-8,11-25,35H,1,3-4,9-10H2. The van der Waals surface area contributed by atoms with Crippen LogP contribution in [0.15, 0.2) is 115 Å². The van der Waals surface area contributed by atoms with E-state index in [0.717, 1.165) is 17.3 Å². The number of anilines is 2. The summed E-state index contributed by atoms with van der Waals surface area (Å²) >= 11 is 0. The van der Waals surface area contributed by atoms with E-state index >= 15 is 0 Å². The molecule has 0 unspecified atom stereocenters. The van der Waals surface area contributed by atoms with Crippen molar-refractivity contribution in [2.24, 2.45) is 0 Å². The fraction of sp³-hybridized carbons (Fsp3) is 0.176. The van der Waals surface area contributed by atoms with Gasteiger partial charge in [-0.15, -0.1) is 0 Å². The van der Waals surface area contributed by atoms with Crippen LogP contribution in [0.4, 0.5) is 11.4 Å². The Morgan fingerprint density at radius 2 is 1.11 bits per heavy atom. The minimum absolute atomic E-state index is 0.755. The van der Waals surface area contributed by atoms with E-state index < -0.39 is 0 Å². The second kappa shape index (κ2) is 9.80. The van der Waals surface area contributed by atoms with Gasteiger partial charge in [-0.05, 0) is 76.1 Å². The largest absolute Gasteiger partial charge is 0.355 e. The van der Waals surface area contributed by atoms with Gasteiger partial charge in [0, 0.05) is 16.9 Å². The molecule has 1 N–H and O–H groups in total. The molecule has 35 heavy (non-hydrogen) atoms. The van der Waals surface area contributed by atoms with Crippen molar-refractivity contribution < 1.29 is 0 Å². The fourth-order valence-corrected chi connectivity index (χ4v) is 5.49. The molecule has 0 bridgehead atoms. The van der Waals surface area contributed by atoms with Crippen LogP contribution in [0.1, 0.15) is 43.6 Å². The van der Waals surface area contributed by atoms with Gasteiger partial charge in [0.2, 0.25) is 0 Å². The maximum Gasteiger partial charge on any atom is 0.0470 e. The third kappa shape index (κ3) is 4.72. The van der Waals surface area contributed by atoms with Crippen molar-refractivity contribution in [3.05, 3.63) is 121 Å². The van der Waals surface area contributed by atoms with Gasteiger partial charge in [0.15, 0.2) is 0 Å². The maximum absolute atomic E-state index is 3.69. The van der Waals surface area contributed by atoms with Gasteiger partial charge in [-0.3, -0.25) is 0 Å². The molecule has 1 saturated carbocycles. The summed E-state index contributed by atoms with van der Waals surface area (Å²) < 4.78 is 0. The van der Waals surface area contributed by atoms with Gasteiger partial charge in [-0.25, -0.2) is 0 Å². The summed E-state index contributed by atoms with van der Waals surface area (Å²) in [6, 6.07) is 41.8. The van der Waals surface area contributed by atoms with Crippen molar-refractivity contribution in [3.63, 3.8) is 0 Å². The Morgan fingerprint density at radius 3 is 1.80 bits per heavy atom. The number of rotatable bonds is 5. The number of nitrogens with one attached hydrogen (secondary N) is 1. The molecular weight excluding hydrogens is 422 g/mol. The van der Waals surface area contributed by atoms with Crippen LogP contribution in [0.2, 0.25) is 0 Å². The van der Waals surface area contributed by atoms with E-state index in [2.05, 4.69) is 121 Å². The Labute approximate surface area is 208 Å². The molecule has 0 radical (unpaired) electrons. The summed E-state index contributed by atoms with van der Waals surface area (Å²) in [5.74, 6) is 0.755. The third-order valence-electron chi connectivity index (χ3n) is 7.46. The summed E-state index contributed by atoms with van der Waals surface area (Å²) in [6.45, 7) is 0. The van der Waals surface area contributed by atoms with E-state index in [4.69, 9.17) is 0 Å². The molecule has 1 aliphatic carbocycles. The van der Waals surface area contributed by atoms with Crippen molar-refractivity contribution in [3.8, 4) is 22.3 Å². The average molecular weight is 454 g/mol.